The quantitative estimate of drug-likeness (QED) is 0.911. The summed E-state index contributed by atoms with van der Waals surface area (Å²) in [4.78, 5) is 26.8. The first-order chi connectivity index (χ1) is 8.79. The number of rotatable bonds is 2. The van der Waals surface area contributed by atoms with Crippen LogP contribution < -0.4 is 5.32 Å². The molecular formula is C13H17ClN2O2S. The van der Waals surface area contributed by atoms with Crippen LogP contribution in [-0.4, -0.2) is 29.3 Å². The third-order valence-corrected chi connectivity index (χ3v) is 4.29. The van der Waals surface area contributed by atoms with Crippen molar-refractivity contribution >= 4 is 34.8 Å². The fraction of sp³-hybridized carbons (Fsp3) is 0.538. The second-order valence-corrected chi connectivity index (χ2v) is 7.51. The van der Waals surface area contributed by atoms with Crippen molar-refractivity contribution in [3.63, 3.8) is 0 Å². The Morgan fingerprint density at radius 1 is 1.42 bits per heavy atom. The van der Waals surface area contributed by atoms with Crippen molar-refractivity contribution in [1.82, 2.24) is 10.2 Å². The molecule has 0 saturated carbocycles. The lowest BCUT2D eigenvalue weighted by atomic mass is 9.84. The van der Waals surface area contributed by atoms with Crippen LogP contribution >= 0.6 is 22.9 Å². The van der Waals surface area contributed by atoms with Gasteiger partial charge in [-0.2, -0.15) is 0 Å². The maximum atomic E-state index is 12.1. The second-order valence-electron chi connectivity index (χ2n) is 5.71. The van der Waals surface area contributed by atoms with Gasteiger partial charge in [-0.25, -0.2) is 0 Å². The highest BCUT2D eigenvalue weighted by atomic mass is 35.5. The molecule has 4 nitrogen and oxygen atoms in total. The predicted octanol–water partition coefficient (Wildman–Crippen LogP) is 2.27. The maximum Gasteiger partial charge on any atom is 0.243 e. The Hall–Kier alpha value is -1.07. The van der Waals surface area contributed by atoms with Gasteiger partial charge in [0.1, 0.15) is 6.04 Å². The highest BCUT2D eigenvalue weighted by molar-refractivity contribution is 7.16. The molecule has 0 aromatic carbocycles. The topological polar surface area (TPSA) is 49.4 Å². The van der Waals surface area contributed by atoms with E-state index in [4.69, 9.17) is 11.6 Å². The first-order valence-corrected chi connectivity index (χ1v) is 7.30. The second kappa shape index (κ2) is 5.13. The Bertz CT molecular complexity index is 507. The van der Waals surface area contributed by atoms with Gasteiger partial charge in [-0.05, 0) is 17.5 Å². The highest BCUT2D eigenvalue weighted by Gasteiger charge is 2.42. The minimum absolute atomic E-state index is 0.0518. The van der Waals surface area contributed by atoms with Gasteiger partial charge in [0.15, 0.2) is 0 Å². The van der Waals surface area contributed by atoms with E-state index >= 15 is 0 Å². The number of piperazine rings is 1. The van der Waals surface area contributed by atoms with E-state index in [0.717, 1.165) is 4.88 Å². The molecule has 0 aliphatic carbocycles. The largest absolute Gasteiger partial charge is 0.345 e. The monoisotopic (exact) mass is 300 g/mol. The van der Waals surface area contributed by atoms with Crippen molar-refractivity contribution in [2.45, 2.75) is 33.4 Å². The summed E-state index contributed by atoms with van der Waals surface area (Å²) in [5.41, 5.74) is -0.304. The molecule has 6 heteroatoms. The van der Waals surface area contributed by atoms with Crippen LogP contribution in [0.4, 0.5) is 0 Å². The molecule has 2 heterocycles. The normalized spacial score (nSPS) is 20.6. The van der Waals surface area contributed by atoms with Gasteiger partial charge in [0, 0.05) is 4.88 Å². The molecule has 1 atom stereocenters. The number of amides is 2. The molecule has 1 aromatic rings. The number of halogens is 1. The summed E-state index contributed by atoms with van der Waals surface area (Å²) in [6.45, 7) is 6.40. The molecule has 19 heavy (non-hydrogen) atoms. The van der Waals surface area contributed by atoms with Crippen LogP contribution in [0.25, 0.3) is 0 Å². The summed E-state index contributed by atoms with van der Waals surface area (Å²) < 4.78 is 0.691. The molecule has 1 unspecified atom stereocenters. The van der Waals surface area contributed by atoms with E-state index in [2.05, 4.69) is 5.32 Å². The summed E-state index contributed by atoms with van der Waals surface area (Å²) in [6.07, 6.45) is 0. The average molecular weight is 301 g/mol. The van der Waals surface area contributed by atoms with E-state index in [9.17, 15) is 9.59 Å². The van der Waals surface area contributed by atoms with Gasteiger partial charge in [-0.15, -0.1) is 11.3 Å². The summed E-state index contributed by atoms with van der Waals surface area (Å²) >= 11 is 7.34. The molecule has 0 radical (unpaired) electrons. The standard InChI is InChI=1S/C13H17ClN2O2S/c1-13(2,3)11-12(18)15-6-10(17)16(11)7-8-4-5-9(14)19-8/h4-5,11H,6-7H2,1-3H3,(H,15,18). The molecule has 1 saturated heterocycles. The molecule has 1 aromatic heterocycles. The number of thiophene rings is 1. The van der Waals surface area contributed by atoms with E-state index in [-0.39, 0.29) is 23.8 Å². The van der Waals surface area contributed by atoms with Crippen molar-refractivity contribution in [3.05, 3.63) is 21.3 Å². The van der Waals surface area contributed by atoms with E-state index in [1.165, 1.54) is 11.3 Å². The fourth-order valence-electron chi connectivity index (χ4n) is 2.29. The number of hydrogen-bond acceptors (Lipinski definition) is 3. The van der Waals surface area contributed by atoms with Crippen LogP contribution in [0, 0.1) is 5.41 Å². The molecule has 1 aliphatic heterocycles. The van der Waals surface area contributed by atoms with Gasteiger partial charge >= 0.3 is 0 Å². The zero-order valence-corrected chi connectivity index (χ0v) is 12.8. The van der Waals surface area contributed by atoms with Gasteiger partial charge in [-0.3, -0.25) is 9.59 Å². The zero-order chi connectivity index (χ0) is 14.2. The first kappa shape index (κ1) is 14.3. The molecule has 1 N–H and O–H groups in total. The zero-order valence-electron chi connectivity index (χ0n) is 11.2. The third kappa shape index (κ3) is 3.09. The van der Waals surface area contributed by atoms with Crippen molar-refractivity contribution < 1.29 is 9.59 Å². The van der Waals surface area contributed by atoms with Crippen LogP contribution in [-0.2, 0) is 16.1 Å². The SMILES string of the molecule is CC(C)(C)C1C(=O)NCC(=O)N1Cc1ccc(Cl)s1. The molecule has 2 rings (SSSR count). The Kier molecular flexibility index (Phi) is 3.87. The van der Waals surface area contributed by atoms with Gasteiger partial charge in [-0.1, -0.05) is 32.4 Å². The molecule has 1 fully saturated rings. The van der Waals surface area contributed by atoms with Gasteiger partial charge < -0.3 is 10.2 Å². The summed E-state index contributed by atoms with van der Waals surface area (Å²) in [5, 5.41) is 2.66. The highest BCUT2D eigenvalue weighted by Crippen LogP contribution is 2.30. The minimum Gasteiger partial charge on any atom is -0.345 e. The fourth-order valence-corrected chi connectivity index (χ4v) is 3.38. The Morgan fingerprint density at radius 3 is 2.63 bits per heavy atom. The molecule has 104 valence electrons. The van der Waals surface area contributed by atoms with Crippen LogP contribution in [0.2, 0.25) is 4.34 Å². The van der Waals surface area contributed by atoms with Crippen LogP contribution in [0.1, 0.15) is 25.6 Å². The Balaban J connectivity index is 2.27. The van der Waals surface area contributed by atoms with Crippen molar-refractivity contribution in [1.29, 1.82) is 0 Å². The third-order valence-electron chi connectivity index (χ3n) is 3.07. The Morgan fingerprint density at radius 2 is 2.11 bits per heavy atom. The first-order valence-electron chi connectivity index (χ1n) is 6.10. The average Bonchev–Trinajstić information content (AvgIpc) is 2.68. The summed E-state index contributed by atoms with van der Waals surface area (Å²) in [5.74, 6) is -0.140. The number of carbonyl (C=O) groups is 2. The van der Waals surface area contributed by atoms with Crippen LogP contribution in [0.15, 0.2) is 12.1 Å². The lowest BCUT2D eigenvalue weighted by Gasteiger charge is -2.41. The van der Waals surface area contributed by atoms with Gasteiger partial charge in [0.05, 0.1) is 17.4 Å². The van der Waals surface area contributed by atoms with Crippen molar-refractivity contribution in [3.8, 4) is 0 Å². The Labute approximate surface area is 121 Å². The summed E-state index contributed by atoms with van der Waals surface area (Å²) in [6, 6.07) is 3.25. The number of nitrogens with one attached hydrogen (secondary N) is 1. The lowest BCUT2D eigenvalue weighted by Crippen LogP contribution is -2.62. The van der Waals surface area contributed by atoms with E-state index in [0.29, 0.717) is 10.9 Å². The van der Waals surface area contributed by atoms with Gasteiger partial charge in [0.25, 0.3) is 0 Å². The van der Waals surface area contributed by atoms with Crippen molar-refractivity contribution in [2.75, 3.05) is 6.54 Å². The van der Waals surface area contributed by atoms with E-state index in [1.54, 1.807) is 4.90 Å². The van der Waals surface area contributed by atoms with E-state index < -0.39 is 6.04 Å². The number of nitrogens with zero attached hydrogens (tertiary/aromatic N) is 1. The molecule has 2 amide bonds. The summed E-state index contributed by atoms with van der Waals surface area (Å²) in [7, 11) is 0. The number of carbonyl (C=O) groups excluding carboxylic acids is 2. The van der Waals surface area contributed by atoms with Crippen LogP contribution in [0.5, 0.6) is 0 Å². The lowest BCUT2D eigenvalue weighted by molar-refractivity contribution is -0.150. The van der Waals surface area contributed by atoms with Crippen LogP contribution in [0.3, 0.4) is 0 Å². The smallest absolute Gasteiger partial charge is 0.243 e. The number of hydrogen-bond donors (Lipinski definition) is 1. The molecular weight excluding hydrogens is 284 g/mol. The molecule has 0 spiro atoms. The van der Waals surface area contributed by atoms with E-state index in [1.807, 2.05) is 32.9 Å². The predicted molar refractivity (Wildman–Crippen MR) is 76.1 cm³/mol. The molecule has 0 bridgehead atoms. The van der Waals surface area contributed by atoms with Gasteiger partial charge in [0.2, 0.25) is 11.8 Å². The maximum absolute atomic E-state index is 12.1. The molecule has 1 aliphatic rings. The van der Waals surface area contributed by atoms with Crippen molar-refractivity contribution in [2.24, 2.45) is 5.41 Å². The minimum atomic E-state index is -0.449.